The highest BCUT2D eigenvalue weighted by Crippen LogP contribution is 2.32. The zero-order valence-electron chi connectivity index (χ0n) is 20.9. The smallest absolute Gasteiger partial charge is 0.338 e. The molecule has 1 heterocycles. The van der Waals surface area contributed by atoms with Gasteiger partial charge in [-0.15, -0.1) is 0 Å². The van der Waals surface area contributed by atoms with E-state index in [1.165, 1.54) is 57.8 Å². The van der Waals surface area contributed by atoms with Gasteiger partial charge in [-0.3, -0.25) is 0 Å². The van der Waals surface area contributed by atoms with Crippen LogP contribution in [0.3, 0.4) is 0 Å². The molecule has 1 aliphatic rings. The van der Waals surface area contributed by atoms with Crippen LogP contribution in [0.25, 0.3) is 0 Å². The number of ether oxygens (including phenoxy) is 3. The first-order valence-corrected chi connectivity index (χ1v) is 13.1. The fraction of sp³-hybridized carbons (Fsp3) is 0.750. The second kappa shape index (κ2) is 15.4. The van der Waals surface area contributed by atoms with Gasteiger partial charge in [0.15, 0.2) is 6.29 Å². The van der Waals surface area contributed by atoms with Crippen LogP contribution < -0.4 is 0 Å². The van der Waals surface area contributed by atoms with E-state index in [2.05, 4.69) is 20.8 Å². The van der Waals surface area contributed by atoms with Gasteiger partial charge in [0.2, 0.25) is 0 Å². The Morgan fingerprint density at radius 1 is 0.969 bits per heavy atom. The molecule has 4 unspecified atom stereocenters. The van der Waals surface area contributed by atoms with E-state index < -0.39 is 0 Å². The maximum Gasteiger partial charge on any atom is 0.338 e. The normalized spacial score (nSPS) is 21.9. The highest BCUT2D eigenvalue weighted by molar-refractivity contribution is 5.89. The number of esters is 1. The molecule has 2 rings (SSSR count). The molecular weight excluding hydrogens is 400 g/mol. The molecule has 1 aromatic rings. The summed E-state index contributed by atoms with van der Waals surface area (Å²) in [5, 5.41) is 0. The molecule has 182 valence electrons. The molecule has 1 fully saturated rings. The van der Waals surface area contributed by atoms with E-state index in [9.17, 15) is 4.79 Å². The third kappa shape index (κ3) is 9.62. The van der Waals surface area contributed by atoms with Gasteiger partial charge in [0, 0.05) is 11.5 Å². The van der Waals surface area contributed by atoms with Crippen LogP contribution in [0.2, 0.25) is 0 Å². The molecule has 0 aliphatic carbocycles. The average Bonchev–Trinajstić information content (AvgIpc) is 2.80. The SMILES string of the molecule is CCCCCCCCCCC1COC(c2ccc(C(=O)OC(C)CCCC)cc2)OC1C. The summed E-state index contributed by atoms with van der Waals surface area (Å²) >= 11 is 0. The van der Waals surface area contributed by atoms with Gasteiger partial charge in [0.05, 0.1) is 24.4 Å². The minimum atomic E-state index is -0.353. The zero-order valence-corrected chi connectivity index (χ0v) is 20.9. The fourth-order valence-electron chi connectivity index (χ4n) is 4.30. The first kappa shape index (κ1) is 26.9. The van der Waals surface area contributed by atoms with Crippen LogP contribution in [0, 0.1) is 5.92 Å². The molecule has 0 radical (unpaired) electrons. The van der Waals surface area contributed by atoms with E-state index in [0.29, 0.717) is 11.5 Å². The summed E-state index contributed by atoms with van der Waals surface area (Å²) in [5.41, 5.74) is 1.53. The second-order valence-electron chi connectivity index (χ2n) is 9.51. The van der Waals surface area contributed by atoms with E-state index in [1.54, 1.807) is 0 Å². The molecule has 0 saturated carbocycles. The molecule has 0 amide bonds. The van der Waals surface area contributed by atoms with Gasteiger partial charge in [-0.25, -0.2) is 4.79 Å². The largest absolute Gasteiger partial charge is 0.459 e. The van der Waals surface area contributed by atoms with Gasteiger partial charge in [-0.05, 0) is 38.8 Å². The van der Waals surface area contributed by atoms with E-state index in [1.807, 2.05) is 31.2 Å². The van der Waals surface area contributed by atoms with Crippen molar-refractivity contribution in [2.75, 3.05) is 6.61 Å². The molecule has 1 saturated heterocycles. The van der Waals surface area contributed by atoms with Gasteiger partial charge in [0.25, 0.3) is 0 Å². The third-order valence-corrected chi connectivity index (χ3v) is 6.58. The lowest BCUT2D eigenvalue weighted by Gasteiger charge is -2.35. The van der Waals surface area contributed by atoms with Crippen molar-refractivity contribution in [1.29, 1.82) is 0 Å². The summed E-state index contributed by atoms with van der Waals surface area (Å²) in [6.45, 7) is 9.26. The van der Waals surface area contributed by atoms with Gasteiger partial charge < -0.3 is 14.2 Å². The van der Waals surface area contributed by atoms with Crippen molar-refractivity contribution in [1.82, 2.24) is 0 Å². The Balaban J connectivity index is 1.70. The van der Waals surface area contributed by atoms with Crippen molar-refractivity contribution in [3.63, 3.8) is 0 Å². The zero-order chi connectivity index (χ0) is 23.2. The van der Waals surface area contributed by atoms with Crippen LogP contribution in [-0.4, -0.2) is 24.8 Å². The summed E-state index contributed by atoms with van der Waals surface area (Å²) in [5.74, 6) is 0.203. The van der Waals surface area contributed by atoms with Gasteiger partial charge >= 0.3 is 5.97 Å². The molecule has 0 N–H and O–H groups in total. The number of carbonyl (C=O) groups excluding carboxylic acids is 1. The topological polar surface area (TPSA) is 44.8 Å². The molecular formula is C28H46O4. The number of carbonyl (C=O) groups is 1. The van der Waals surface area contributed by atoms with E-state index in [0.717, 1.165) is 31.4 Å². The first-order chi connectivity index (χ1) is 15.5. The van der Waals surface area contributed by atoms with Crippen molar-refractivity contribution in [2.45, 2.75) is 123 Å². The number of benzene rings is 1. The summed E-state index contributed by atoms with van der Waals surface area (Å²) in [4.78, 5) is 12.3. The van der Waals surface area contributed by atoms with Crippen molar-refractivity contribution >= 4 is 5.97 Å². The minimum absolute atomic E-state index is 0.0500. The van der Waals surface area contributed by atoms with Gasteiger partial charge in [-0.1, -0.05) is 90.2 Å². The molecule has 0 aromatic heterocycles. The first-order valence-electron chi connectivity index (χ1n) is 13.1. The number of hydrogen-bond donors (Lipinski definition) is 0. The lowest BCUT2D eigenvalue weighted by atomic mass is 9.95. The van der Waals surface area contributed by atoms with E-state index in [4.69, 9.17) is 14.2 Å². The van der Waals surface area contributed by atoms with Gasteiger partial charge in [0.1, 0.15) is 0 Å². The van der Waals surface area contributed by atoms with E-state index >= 15 is 0 Å². The van der Waals surface area contributed by atoms with Crippen molar-refractivity contribution < 1.29 is 19.0 Å². The second-order valence-corrected chi connectivity index (χ2v) is 9.51. The molecule has 1 aliphatic heterocycles. The lowest BCUT2D eigenvalue weighted by molar-refractivity contribution is -0.237. The highest BCUT2D eigenvalue weighted by Gasteiger charge is 2.29. The van der Waals surface area contributed by atoms with Crippen LogP contribution >= 0.6 is 0 Å². The van der Waals surface area contributed by atoms with Gasteiger partial charge in [-0.2, -0.15) is 0 Å². The van der Waals surface area contributed by atoms with Crippen molar-refractivity contribution in [3.8, 4) is 0 Å². The van der Waals surface area contributed by atoms with Crippen LogP contribution in [0.1, 0.15) is 127 Å². The summed E-state index contributed by atoms with van der Waals surface area (Å²) in [6, 6.07) is 7.47. The summed E-state index contributed by atoms with van der Waals surface area (Å²) in [6.07, 6.45) is 14.8. The minimum Gasteiger partial charge on any atom is -0.459 e. The van der Waals surface area contributed by atoms with Crippen LogP contribution in [-0.2, 0) is 14.2 Å². The van der Waals surface area contributed by atoms with E-state index in [-0.39, 0.29) is 24.5 Å². The monoisotopic (exact) mass is 446 g/mol. The Morgan fingerprint density at radius 2 is 1.59 bits per heavy atom. The Kier molecular flexibility index (Phi) is 13.0. The van der Waals surface area contributed by atoms with Crippen LogP contribution in [0.4, 0.5) is 0 Å². The maximum absolute atomic E-state index is 12.3. The van der Waals surface area contributed by atoms with Crippen molar-refractivity contribution in [3.05, 3.63) is 35.4 Å². The molecule has 4 nitrogen and oxygen atoms in total. The average molecular weight is 447 g/mol. The Morgan fingerprint density at radius 3 is 2.22 bits per heavy atom. The standard InChI is InChI=1S/C28H46O4/c1-5-7-9-10-11-12-13-14-16-26-21-30-28(32-23(26)4)25-19-17-24(18-20-25)27(29)31-22(3)15-8-6-2/h17-20,22-23,26,28H,5-16,21H2,1-4H3. The molecule has 1 aromatic carbocycles. The summed E-state index contributed by atoms with van der Waals surface area (Å²) < 4.78 is 17.8. The predicted octanol–water partition coefficient (Wildman–Crippen LogP) is 8.00. The Labute approximate surface area is 196 Å². The number of rotatable bonds is 15. The number of hydrogen-bond acceptors (Lipinski definition) is 4. The highest BCUT2D eigenvalue weighted by atomic mass is 16.7. The van der Waals surface area contributed by atoms with Crippen LogP contribution in [0.5, 0.6) is 0 Å². The van der Waals surface area contributed by atoms with Crippen molar-refractivity contribution in [2.24, 2.45) is 5.92 Å². The molecule has 32 heavy (non-hydrogen) atoms. The summed E-state index contributed by atoms with van der Waals surface area (Å²) in [7, 11) is 0. The fourth-order valence-corrected chi connectivity index (χ4v) is 4.30. The quantitative estimate of drug-likeness (QED) is 0.202. The molecule has 0 spiro atoms. The number of unbranched alkanes of at least 4 members (excludes halogenated alkanes) is 8. The third-order valence-electron chi connectivity index (χ3n) is 6.58. The predicted molar refractivity (Wildman–Crippen MR) is 131 cm³/mol. The molecule has 4 heteroatoms. The molecule has 0 bridgehead atoms. The van der Waals surface area contributed by atoms with Crippen LogP contribution in [0.15, 0.2) is 24.3 Å². The molecule has 4 atom stereocenters. The maximum atomic E-state index is 12.3. The Hall–Kier alpha value is -1.39. The lowest BCUT2D eigenvalue weighted by Crippen LogP contribution is -2.34. The Bertz CT molecular complexity index is 627.